The zero-order valence-corrected chi connectivity index (χ0v) is 12.6. The van der Waals surface area contributed by atoms with E-state index in [4.69, 9.17) is 19.7 Å². The molecule has 0 atom stereocenters. The molecular weight excluding hydrogens is 281 g/mol. The summed E-state index contributed by atoms with van der Waals surface area (Å²) >= 11 is 3.03. The SMILES string of the molecule is Cc1csc(OB(OCCN)Oc2cc(C)cs2)c1. The molecule has 102 valence electrons. The van der Waals surface area contributed by atoms with Gasteiger partial charge in [0.1, 0.15) is 0 Å². The molecule has 0 radical (unpaired) electrons. The third-order valence-corrected chi connectivity index (χ3v) is 4.08. The highest BCUT2D eigenvalue weighted by atomic mass is 32.1. The second kappa shape index (κ2) is 6.95. The predicted octanol–water partition coefficient (Wildman–Crippen LogP) is 2.84. The van der Waals surface area contributed by atoms with Crippen molar-refractivity contribution in [3.05, 3.63) is 34.0 Å². The lowest BCUT2D eigenvalue weighted by molar-refractivity contribution is 0.210. The van der Waals surface area contributed by atoms with Crippen molar-refractivity contribution in [3.8, 4) is 10.1 Å². The van der Waals surface area contributed by atoms with Gasteiger partial charge in [-0.25, -0.2) is 0 Å². The van der Waals surface area contributed by atoms with Crippen LogP contribution >= 0.6 is 22.7 Å². The molecule has 4 nitrogen and oxygen atoms in total. The minimum atomic E-state index is -0.764. The van der Waals surface area contributed by atoms with Gasteiger partial charge in [0.15, 0.2) is 10.1 Å². The van der Waals surface area contributed by atoms with Crippen LogP contribution < -0.4 is 15.0 Å². The number of hydrogen-bond acceptors (Lipinski definition) is 6. The Hall–Kier alpha value is -1.02. The molecule has 7 heteroatoms. The highest BCUT2D eigenvalue weighted by Gasteiger charge is 2.28. The Bertz CT molecular complexity index is 472. The number of rotatable bonds is 7. The van der Waals surface area contributed by atoms with Gasteiger partial charge < -0.3 is 19.7 Å². The van der Waals surface area contributed by atoms with Crippen molar-refractivity contribution in [2.45, 2.75) is 13.8 Å². The number of aryl methyl sites for hydroxylation is 2. The second-order valence-electron chi connectivity index (χ2n) is 4.07. The lowest BCUT2D eigenvalue weighted by Crippen LogP contribution is -2.35. The molecule has 19 heavy (non-hydrogen) atoms. The van der Waals surface area contributed by atoms with E-state index < -0.39 is 7.32 Å². The molecule has 0 aliphatic carbocycles. The van der Waals surface area contributed by atoms with Gasteiger partial charge >= 0.3 is 7.32 Å². The van der Waals surface area contributed by atoms with E-state index in [1.807, 2.05) is 36.7 Å². The Labute approximate surface area is 121 Å². The van der Waals surface area contributed by atoms with E-state index in [1.165, 1.54) is 22.7 Å². The first-order valence-electron chi connectivity index (χ1n) is 5.92. The van der Waals surface area contributed by atoms with Crippen molar-refractivity contribution in [2.75, 3.05) is 13.2 Å². The van der Waals surface area contributed by atoms with Crippen LogP contribution in [0.25, 0.3) is 0 Å². The number of thiophene rings is 2. The molecule has 0 fully saturated rings. The van der Waals surface area contributed by atoms with Crippen molar-refractivity contribution in [2.24, 2.45) is 5.73 Å². The predicted molar refractivity (Wildman–Crippen MR) is 80.1 cm³/mol. The van der Waals surface area contributed by atoms with Gasteiger partial charge in [0.05, 0.1) is 0 Å². The van der Waals surface area contributed by atoms with Gasteiger partial charge in [0, 0.05) is 13.2 Å². The Morgan fingerprint density at radius 2 is 1.58 bits per heavy atom. The topological polar surface area (TPSA) is 53.7 Å². The van der Waals surface area contributed by atoms with Crippen LogP contribution in [-0.4, -0.2) is 20.5 Å². The first-order valence-corrected chi connectivity index (χ1v) is 7.68. The zero-order chi connectivity index (χ0) is 13.7. The minimum Gasteiger partial charge on any atom is -0.493 e. The number of nitrogens with two attached hydrogens (primary N) is 1. The fourth-order valence-corrected chi connectivity index (χ4v) is 2.90. The molecule has 2 aromatic heterocycles. The van der Waals surface area contributed by atoms with Crippen molar-refractivity contribution in [3.63, 3.8) is 0 Å². The van der Waals surface area contributed by atoms with Crippen LogP contribution in [0.5, 0.6) is 10.1 Å². The standard InChI is InChI=1S/C12H16BNO3S2/c1-9-5-11(18-7-9)16-13(15-4-3-14)17-12-6-10(2)8-19-12/h5-8H,3-4,14H2,1-2H3. The van der Waals surface area contributed by atoms with Crippen LogP contribution in [0.15, 0.2) is 22.9 Å². The summed E-state index contributed by atoms with van der Waals surface area (Å²) in [6, 6.07) is 3.90. The van der Waals surface area contributed by atoms with Gasteiger partial charge in [-0.1, -0.05) is 0 Å². The van der Waals surface area contributed by atoms with E-state index in [0.29, 0.717) is 13.2 Å². The summed E-state index contributed by atoms with van der Waals surface area (Å²) in [6.45, 7) is 4.85. The molecule has 0 saturated carbocycles. The van der Waals surface area contributed by atoms with E-state index in [9.17, 15) is 0 Å². The average Bonchev–Trinajstić information content (AvgIpc) is 2.95. The first-order chi connectivity index (χ1) is 9.17. The van der Waals surface area contributed by atoms with E-state index in [2.05, 4.69) is 0 Å². The molecule has 0 aliphatic heterocycles. The summed E-state index contributed by atoms with van der Waals surface area (Å²) in [7, 11) is -0.764. The largest absolute Gasteiger partial charge is 0.789 e. The molecule has 0 spiro atoms. The summed E-state index contributed by atoms with van der Waals surface area (Å²) in [5.41, 5.74) is 7.75. The first kappa shape index (κ1) is 14.4. The molecule has 0 unspecified atom stereocenters. The van der Waals surface area contributed by atoms with Crippen LogP contribution in [0.2, 0.25) is 0 Å². The van der Waals surface area contributed by atoms with Crippen LogP contribution in [0.1, 0.15) is 11.1 Å². The summed E-state index contributed by atoms with van der Waals surface area (Å²) in [4.78, 5) is 0. The molecular formula is C12H16BNO3S2. The Morgan fingerprint density at radius 1 is 1.05 bits per heavy atom. The maximum atomic E-state index is 5.68. The Morgan fingerprint density at radius 3 is 1.95 bits per heavy atom. The van der Waals surface area contributed by atoms with Crippen LogP contribution in [0.3, 0.4) is 0 Å². The molecule has 2 N–H and O–H groups in total. The monoisotopic (exact) mass is 297 g/mol. The van der Waals surface area contributed by atoms with Crippen LogP contribution in [0, 0.1) is 13.8 Å². The summed E-state index contributed by atoms with van der Waals surface area (Å²) < 4.78 is 16.8. The zero-order valence-electron chi connectivity index (χ0n) is 10.9. The van der Waals surface area contributed by atoms with Crippen molar-refractivity contribution in [1.29, 1.82) is 0 Å². The van der Waals surface area contributed by atoms with Gasteiger partial charge in [-0.05, 0) is 47.9 Å². The van der Waals surface area contributed by atoms with Crippen molar-refractivity contribution in [1.82, 2.24) is 0 Å². The van der Waals surface area contributed by atoms with E-state index in [1.54, 1.807) is 0 Å². The fourth-order valence-electron chi connectivity index (χ4n) is 1.38. The van der Waals surface area contributed by atoms with Gasteiger partial charge in [0.25, 0.3) is 0 Å². The third kappa shape index (κ3) is 4.54. The maximum absolute atomic E-state index is 5.68. The lowest BCUT2D eigenvalue weighted by atomic mass is 10.2. The average molecular weight is 297 g/mol. The Kier molecular flexibility index (Phi) is 5.27. The quantitative estimate of drug-likeness (QED) is 0.798. The molecule has 2 aromatic rings. The molecule has 0 aromatic carbocycles. The van der Waals surface area contributed by atoms with Gasteiger partial charge in [-0.3, -0.25) is 0 Å². The Balaban J connectivity index is 1.98. The molecule has 0 aliphatic rings. The maximum Gasteiger partial charge on any atom is 0.789 e. The highest BCUT2D eigenvalue weighted by molar-refractivity contribution is 7.12. The molecule has 2 heterocycles. The summed E-state index contributed by atoms with van der Waals surface area (Å²) in [5.74, 6) is 0. The molecule has 0 saturated heterocycles. The van der Waals surface area contributed by atoms with E-state index >= 15 is 0 Å². The smallest absolute Gasteiger partial charge is 0.493 e. The van der Waals surface area contributed by atoms with Gasteiger partial charge in [-0.2, -0.15) is 0 Å². The molecule has 0 amide bonds. The highest BCUT2D eigenvalue weighted by Crippen LogP contribution is 2.26. The number of hydrogen-bond donors (Lipinski definition) is 1. The summed E-state index contributed by atoms with van der Waals surface area (Å²) in [6.07, 6.45) is 0. The van der Waals surface area contributed by atoms with Gasteiger partial charge in [-0.15, -0.1) is 22.7 Å². The molecule has 2 rings (SSSR count). The molecule has 0 bridgehead atoms. The van der Waals surface area contributed by atoms with Crippen LogP contribution in [-0.2, 0) is 4.65 Å². The fraction of sp³-hybridized carbons (Fsp3) is 0.333. The van der Waals surface area contributed by atoms with Crippen molar-refractivity contribution < 1.29 is 14.0 Å². The van der Waals surface area contributed by atoms with Crippen LogP contribution in [0.4, 0.5) is 0 Å². The van der Waals surface area contributed by atoms with E-state index in [0.717, 1.165) is 21.3 Å². The van der Waals surface area contributed by atoms with Gasteiger partial charge in [0.2, 0.25) is 0 Å². The second-order valence-corrected chi connectivity index (χ2v) is 5.82. The summed E-state index contributed by atoms with van der Waals surface area (Å²) in [5, 5.41) is 5.58. The third-order valence-electron chi connectivity index (χ3n) is 2.21. The lowest BCUT2D eigenvalue weighted by Gasteiger charge is -2.13. The normalized spacial score (nSPS) is 10.5. The van der Waals surface area contributed by atoms with E-state index in [-0.39, 0.29) is 0 Å². The van der Waals surface area contributed by atoms with Crippen molar-refractivity contribution >= 4 is 30.0 Å². The minimum absolute atomic E-state index is 0.388.